The molecule has 0 atom stereocenters. The van der Waals surface area contributed by atoms with Gasteiger partial charge in [0.25, 0.3) is 0 Å². The minimum Gasteiger partial charge on any atom is -0.314 e. The molecule has 1 aromatic carbocycles. The summed E-state index contributed by atoms with van der Waals surface area (Å²) in [6.07, 6.45) is 3.18. The fourth-order valence-electron chi connectivity index (χ4n) is 3.78. The van der Waals surface area contributed by atoms with Gasteiger partial charge in [0.05, 0.1) is 31.1 Å². The molecule has 140 valence electrons. The van der Waals surface area contributed by atoms with Crippen molar-refractivity contribution in [1.29, 1.82) is 0 Å². The van der Waals surface area contributed by atoms with E-state index in [0.29, 0.717) is 24.7 Å². The number of aryl methyl sites for hydroxylation is 3. The lowest BCUT2D eigenvalue weighted by molar-refractivity contribution is -0.926. The molecule has 1 aliphatic heterocycles. The average Bonchev–Trinajstić information content (AvgIpc) is 3.20. The van der Waals surface area contributed by atoms with Crippen LogP contribution >= 0.6 is 23.6 Å². The van der Waals surface area contributed by atoms with E-state index < -0.39 is 10.0 Å². The highest BCUT2D eigenvalue weighted by Crippen LogP contribution is 2.26. The van der Waals surface area contributed by atoms with Crippen molar-refractivity contribution in [3.8, 4) is 0 Å². The first-order chi connectivity index (χ1) is 12.4. The average molecular weight is 412 g/mol. The van der Waals surface area contributed by atoms with Crippen LogP contribution in [0, 0.1) is 10.9 Å². The Bertz CT molecular complexity index is 972. The molecule has 6 nitrogen and oxygen atoms in total. The van der Waals surface area contributed by atoms with Crippen molar-refractivity contribution in [2.45, 2.75) is 37.8 Å². The second kappa shape index (κ2) is 7.12. The summed E-state index contributed by atoms with van der Waals surface area (Å²) in [4.78, 5) is 1.76. The normalized spacial score (nSPS) is 19.0. The monoisotopic (exact) mass is 411 g/mol. The van der Waals surface area contributed by atoms with Crippen LogP contribution in [0.1, 0.15) is 22.6 Å². The smallest absolute Gasteiger partial charge is 0.243 e. The van der Waals surface area contributed by atoms with Gasteiger partial charge in [-0.05, 0) is 61.7 Å². The van der Waals surface area contributed by atoms with Gasteiger partial charge in [-0.3, -0.25) is 0 Å². The molecule has 0 radical (unpaired) electrons. The molecule has 1 saturated heterocycles. The van der Waals surface area contributed by atoms with Crippen LogP contribution in [0.3, 0.4) is 0 Å². The van der Waals surface area contributed by atoms with Crippen LogP contribution < -0.4 is 4.90 Å². The molecule has 4 rings (SSSR count). The van der Waals surface area contributed by atoms with Crippen molar-refractivity contribution < 1.29 is 13.3 Å². The van der Waals surface area contributed by atoms with Crippen LogP contribution in [0.15, 0.2) is 23.1 Å². The van der Waals surface area contributed by atoms with Crippen molar-refractivity contribution in [3.63, 3.8) is 0 Å². The minimum atomic E-state index is -3.40. The van der Waals surface area contributed by atoms with Gasteiger partial charge in [0, 0.05) is 0 Å². The molecule has 0 amide bonds. The summed E-state index contributed by atoms with van der Waals surface area (Å²) in [6.45, 7) is 5.25. The molecule has 0 bridgehead atoms. The fraction of sp³-hybridized carbons (Fsp3) is 0.529. The Hall–Kier alpha value is -1.13. The number of quaternary nitrogens is 1. The zero-order chi connectivity index (χ0) is 18.3. The van der Waals surface area contributed by atoms with Crippen LogP contribution in [0.5, 0.6) is 0 Å². The highest BCUT2D eigenvalue weighted by Gasteiger charge is 2.31. The molecule has 1 aliphatic carbocycles. The number of nitrogens with zero attached hydrogens (tertiary/aromatic N) is 3. The third-order valence-electron chi connectivity index (χ3n) is 5.22. The highest BCUT2D eigenvalue weighted by atomic mass is 32.2. The Morgan fingerprint density at radius 2 is 1.96 bits per heavy atom. The predicted octanol–water partition coefficient (Wildman–Crippen LogP) is 1.02. The lowest BCUT2D eigenvalue weighted by Crippen LogP contribution is -3.14. The first-order valence-corrected chi connectivity index (χ1v) is 11.6. The van der Waals surface area contributed by atoms with Crippen molar-refractivity contribution in [1.82, 2.24) is 14.1 Å². The van der Waals surface area contributed by atoms with Crippen molar-refractivity contribution in [2.75, 3.05) is 26.2 Å². The summed E-state index contributed by atoms with van der Waals surface area (Å²) in [5.74, 6) is 0. The Morgan fingerprint density at radius 1 is 1.23 bits per heavy atom. The highest BCUT2D eigenvalue weighted by molar-refractivity contribution is 7.89. The second-order valence-electron chi connectivity index (χ2n) is 6.98. The van der Waals surface area contributed by atoms with Crippen LogP contribution in [0.25, 0.3) is 0 Å². The van der Waals surface area contributed by atoms with E-state index in [0.717, 1.165) is 41.3 Å². The molecule has 1 aromatic heterocycles. The number of piperazine rings is 1. The van der Waals surface area contributed by atoms with Crippen molar-refractivity contribution in [3.05, 3.63) is 38.3 Å². The van der Waals surface area contributed by atoms with Crippen LogP contribution in [-0.4, -0.2) is 48.7 Å². The zero-order valence-corrected chi connectivity index (χ0v) is 17.2. The largest absolute Gasteiger partial charge is 0.314 e. The van der Waals surface area contributed by atoms with Gasteiger partial charge in [-0.25, -0.2) is 8.42 Å². The minimum absolute atomic E-state index is 0.443. The topological polar surface area (TPSA) is 59.6 Å². The van der Waals surface area contributed by atoms with Gasteiger partial charge in [0.2, 0.25) is 10.0 Å². The van der Waals surface area contributed by atoms with E-state index in [4.69, 9.17) is 12.2 Å². The third-order valence-corrected chi connectivity index (χ3v) is 8.34. The van der Waals surface area contributed by atoms with Crippen molar-refractivity contribution >= 4 is 33.6 Å². The number of hydrogen-bond acceptors (Lipinski definition) is 5. The Labute approximate surface area is 163 Å². The van der Waals surface area contributed by atoms with E-state index in [1.165, 1.54) is 27.4 Å². The molecule has 2 aromatic rings. The number of hydrogen-bond donors (Lipinski definition) is 1. The van der Waals surface area contributed by atoms with E-state index in [9.17, 15) is 8.42 Å². The molecule has 0 saturated carbocycles. The van der Waals surface area contributed by atoms with Gasteiger partial charge in [0.1, 0.15) is 5.01 Å². The van der Waals surface area contributed by atoms with Gasteiger partial charge in [0.15, 0.2) is 10.6 Å². The Balaban J connectivity index is 1.43. The Kier molecular flexibility index (Phi) is 5.00. The van der Waals surface area contributed by atoms with Gasteiger partial charge >= 0.3 is 0 Å². The standard InChI is InChI=1S/C17H22N4O2S3/c1-13-18-21(17(24)25-13)12-19-7-9-20(10-8-19)26(22,23)16-6-5-14-3-2-4-15(14)11-16/h5-6,11H,2-4,7-10,12H2,1H3/p+1. The lowest BCUT2D eigenvalue weighted by Gasteiger charge is -2.31. The van der Waals surface area contributed by atoms with E-state index >= 15 is 0 Å². The maximum absolute atomic E-state index is 13.0. The molecule has 1 fully saturated rings. The van der Waals surface area contributed by atoms with Gasteiger partial charge in [-0.15, -0.1) is 0 Å². The molecule has 0 spiro atoms. The summed E-state index contributed by atoms with van der Waals surface area (Å²) < 4.78 is 30.2. The molecule has 26 heavy (non-hydrogen) atoms. The number of benzene rings is 1. The van der Waals surface area contributed by atoms with Gasteiger partial charge in [-0.1, -0.05) is 17.4 Å². The molecular formula is C17H23N4O2S3+. The van der Waals surface area contributed by atoms with Gasteiger partial charge < -0.3 is 4.90 Å². The van der Waals surface area contributed by atoms with E-state index in [1.54, 1.807) is 10.4 Å². The SMILES string of the molecule is Cc1nn(C[NH+]2CCN(S(=O)(=O)c3ccc4c(c3)CCC4)CC2)c(=S)s1. The molecule has 0 unspecified atom stereocenters. The summed E-state index contributed by atoms with van der Waals surface area (Å²) in [5.41, 5.74) is 2.50. The second-order valence-corrected chi connectivity index (χ2v) is 10.7. The van der Waals surface area contributed by atoms with Crippen LogP contribution in [-0.2, 0) is 29.5 Å². The summed E-state index contributed by atoms with van der Waals surface area (Å²) >= 11 is 6.84. The van der Waals surface area contributed by atoms with E-state index in [2.05, 4.69) is 5.10 Å². The molecule has 2 heterocycles. The molecule has 9 heteroatoms. The number of rotatable bonds is 4. The quantitative estimate of drug-likeness (QED) is 0.763. The number of fused-ring (bicyclic) bond motifs is 1. The zero-order valence-electron chi connectivity index (χ0n) is 14.8. The first kappa shape index (κ1) is 18.2. The Morgan fingerprint density at radius 3 is 2.65 bits per heavy atom. The van der Waals surface area contributed by atoms with Crippen molar-refractivity contribution in [2.24, 2.45) is 0 Å². The summed E-state index contributed by atoms with van der Waals surface area (Å²) in [5, 5.41) is 5.40. The molecular weight excluding hydrogens is 388 g/mol. The summed E-state index contributed by atoms with van der Waals surface area (Å²) in [6, 6.07) is 5.65. The number of aromatic nitrogens is 2. The summed E-state index contributed by atoms with van der Waals surface area (Å²) in [7, 11) is -3.40. The van der Waals surface area contributed by atoms with Gasteiger partial charge in [-0.2, -0.15) is 14.1 Å². The van der Waals surface area contributed by atoms with Crippen LogP contribution in [0.2, 0.25) is 0 Å². The predicted molar refractivity (Wildman–Crippen MR) is 104 cm³/mol. The van der Waals surface area contributed by atoms with Crippen LogP contribution in [0.4, 0.5) is 0 Å². The maximum atomic E-state index is 13.0. The lowest BCUT2D eigenvalue weighted by atomic mass is 10.1. The van der Waals surface area contributed by atoms with E-state index in [1.807, 2.05) is 23.7 Å². The number of nitrogens with one attached hydrogen (secondary N) is 1. The first-order valence-electron chi connectivity index (χ1n) is 8.93. The fourth-order valence-corrected chi connectivity index (χ4v) is 6.34. The molecule has 2 aliphatic rings. The maximum Gasteiger partial charge on any atom is 0.243 e. The third kappa shape index (κ3) is 3.50. The van der Waals surface area contributed by atoms with E-state index in [-0.39, 0.29) is 0 Å². The number of sulfonamides is 1. The molecule has 1 N–H and O–H groups in total.